The average molecular weight is 337 g/mol. The van der Waals surface area contributed by atoms with E-state index in [0.29, 0.717) is 36.1 Å². The molecule has 2 heterocycles. The number of aromatic nitrogens is 1. The van der Waals surface area contributed by atoms with Gasteiger partial charge in [-0.3, -0.25) is 0 Å². The van der Waals surface area contributed by atoms with Crippen LogP contribution in [0.1, 0.15) is 22.2 Å². The highest BCUT2D eigenvalue weighted by Gasteiger charge is 2.25. The number of benzene rings is 1. The molecule has 1 N–H and O–H groups in total. The van der Waals surface area contributed by atoms with E-state index in [1.165, 1.54) is 18.2 Å². The maximum absolute atomic E-state index is 13.2. The number of rotatable bonds is 3. The molecule has 5 nitrogen and oxygen atoms in total. The Labute approximate surface area is 137 Å². The molecule has 1 aliphatic heterocycles. The molecule has 120 valence electrons. The second kappa shape index (κ2) is 6.52. The highest BCUT2D eigenvalue weighted by Crippen LogP contribution is 2.30. The number of hydrogen-bond acceptors (Lipinski definition) is 4. The molecule has 2 aromatic rings. The van der Waals surface area contributed by atoms with Crippen LogP contribution >= 0.6 is 11.6 Å². The van der Waals surface area contributed by atoms with Crippen LogP contribution < -0.4 is 4.90 Å². The molecule has 3 rings (SSSR count). The molecular formula is C16H14ClFN2O3. The van der Waals surface area contributed by atoms with Crippen molar-refractivity contribution in [1.29, 1.82) is 0 Å². The first-order valence-electron chi connectivity index (χ1n) is 7.06. The van der Waals surface area contributed by atoms with Gasteiger partial charge >= 0.3 is 5.97 Å². The van der Waals surface area contributed by atoms with Gasteiger partial charge in [0.05, 0.1) is 6.61 Å². The zero-order valence-corrected chi connectivity index (χ0v) is 12.8. The molecule has 1 fully saturated rings. The maximum Gasteiger partial charge on any atom is 0.354 e. The van der Waals surface area contributed by atoms with E-state index < -0.39 is 11.8 Å². The first kappa shape index (κ1) is 15.7. The summed E-state index contributed by atoms with van der Waals surface area (Å²) in [6, 6.07) is 9.05. The lowest BCUT2D eigenvalue weighted by Gasteiger charge is -2.34. The fourth-order valence-electron chi connectivity index (χ4n) is 2.53. The number of carboxylic acids is 1. The Kier molecular flexibility index (Phi) is 4.45. The number of nitrogens with zero attached hydrogens (tertiary/aromatic N) is 2. The van der Waals surface area contributed by atoms with E-state index in [1.807, 2.05) is 4.90 Å². The Morgan fingerprint density at radius 1 is 1.39 bits per heavy atom. The van der Waals surface area contributed by atoms with Gasteiger partial charge in [0.15, 0.2) is 5.69 Å². The molecule has 0 saturated carbocycles. The molecule has 1 aromatic carbocycles. The zero-order valence-electron chi connectivity index (χ0n) is 12.1. The molecule has 1 aromatic heterocycles. The minimum absolute atomic E-state index is 0.00893. The highest BCUT2D eigenvalue weighted by molar-refractivity contribution is 6.31. The normalized spacial score (nSPS) is 18.0. The minimum atomic E-state index is -1.07. The fraction of sp³-hybridized carbons (Fsp3) is 0.250. The van der Waals surface area contributed by atoms with Crippen molar-refractivity contribution in [3.05, 3.63) is 58.5 Å². The summed E-state index contributed by atoms with van der Waals surface area (Å²) in [5, 5.41) is 9.35. The second-order valence-corrected chi connectivity index (χ2v) is 5.56. The van der Waals surface area contributed by atoms with Gasteiger partial charge in [0.2, 0.25) is 0 Å². The lowest BCUT2D eigenvalue weighted by Crippen LogP contribution is -2.39. The van der Waals surface area contributed by atoms with E-state index in [0.717, 1.165) is 0 Å². The van der Waals surface area contributed by atoms with Gasteiger partial charge in [-0.2, -0.15) is 0 Å². The summed E-state index contributed by atoms with van der Waals surface area (Å²) < 4.78 is 18.9. The number of hydrogen-bond donors (Lipinski definition) is 1. The van der Waals surface area contributed by atoms with Gasteiger partial charge in [-0.05, 0) is 24.3 Å². The predicted octanol–water partition coefficient (Wildman–Crippen LogP) is 3.15. The number of pyridine rings is 1. The van der Waals surface area contributed by atoms with Gasteiger partial charge in [0.25, 0.3) is 0 Å². The van der Waals surface area contributed by atoms with Crippen LogP contribution in [0.4, 0.5) is 10.2 Å². The number of carbonyl (C=O) groups is 1. The van der Waals surface area contributed by atoms with E-state index in [9.17, 15) is 9.18 Å². The third-order valence-corrected chi connectivity index (χ3v) is 3.98. The van der Waals surface area contributed by atoms with Crippen LogP contribution in [-0.4, -0.2) is 35.8 Å². The monoisotopic (exact) mass is 336 g/mol. The molecule has 23 heavy (non-hydrogen) atoms. The van der Waals surface area contributed by atoms with Gasteiger partial charge in [-0.25, -0.2) is 14.2 Å². The molecular weight excluding hydrogens is 323 g/mol. The van der Waals surface area contributed by atoms with Crippen molar-refractivity contribution in [2.45, 2.75) is 6.10 Å². The minimum Gasteiger partial charge on any atom is -0.477 e. The first-order chi connectivity index (χ1) is 11.0. The van der Waals surface area contributed by atoms with Crippen molar-refractivity contribution < 1.29 is 19.0 Å². The van der Waals surface area contributed by atoms with E-state index in [2.05, 4.69) is 4.98 Å². The van der Waals surface area contributed by atoms with Gasteiger partial charge in [0.1, 0.15) is 17.7 Å². The van der Waals surface area contributed by atoms with Gasteiger partial charge < -0.3 is 14.7 Å². The summed E-state index contributed by atoms with van der Waals surface area (Å²) in [5.41, 5.74) is 0.692. The van der Waals surface area contributed by atoms with Gasteiger partial charge in [-0.1, -0.05) is 23.7 Å². The third kappa shape index (κ3) is 3.43. The second-order valence-electron chi connectivity index (χ2n) is 5.16. The van der Waals surface area contributed by atoms with E-state index in [1.54, 1.807) is 18.2 Å². The van der Waals surface area contributed by atoms with Crippen LogP contribution in [0.3, 0.4) is 0 Å². The Morgan fingerprint density at radius 2 is 2.22 bits per heavy atom. The summed E-state index contributed by atoms with van der Waals surface area (Å²) in [6.45, 7) is 1.49. The van der Waals surface area contributed by atoms with Crippen molar-refractivity contribution in [1.82, 2.24) is 4.98 Å². The number of aromatic carboxylic acids is 1. The average Bonchev–Trinajstić information content (AvgIpc) is 2.55. The molecule has 0 radical (unpaired) electrons. The van der Waals surface area contributed by atoms with Gasteiger partial charge in [-0.15, -0.1) is 0 Å². The molecule has 0 amide bonds. The van der Waals surface area contributed by atoms with Crippen LogP contribution in [0.2, 0.25) is 5.02 Å². The summed E-state index contributed by atoms with van der Waals surface area (Å²) >= 11 is 6.09. The molecule has 1 aliphatic rings. The summed E-state index contributed by atoms with van der Waals surface area (Å²) in [4.78, 5) is 17.1. The number of carboxylic acid groups (broad SMARTS) is 1. The molecule has 0 aliphatic carbocycles. The van der Waals surface area contributed by atoms with Crippen molar-refractivity contribution >= 4 is 23.4 Å². The van der Waals surface area contributed by atoms with Crippen molar-refractivity contribution in [3.8, 4) is 0 Å². The third-order valence-electron chi connectivity index (χ3n) is 3.65. The Balaban J connectivity index is 1.83. The molecule has 1 atom stereocenters. The van der Waals surface area contributed by atoms with Crippen LogP contribution in [0.25, 0.3) is 0 Å². The number of halogens is 2. The SMILES string of the molecule is O=C(O)c1cccc(N2CCOC(c3ccc(F)cc3Cl)C2)n1. The number of ether oxygens (including phenoxy) is 1. The summed E-state index contributed by atoms with van der Waals surface area (Å²) in [5.74, 6) is -0.906. The Bertz CT molecular complexity index is 741. The Morgan fingerprint density at radius 3 is 2.96 bits per heavy atom. The molecule has 7 heteroatoms. The van der Waals surface area contributed by atoms with Crippen molar-refractivity contribution in [2.75, 3.05) is 24.6 Å². The predicted molar refractivity (Wildman–Crippen MR) is 83.5 cm³/mol. The lowest BCUT2D eigenvalue weighted by atomic mass is 10.1. The quantitative estimate of drug-likeness (QED) is 0.933. The van der Waals surface area contributed by atoms with E-state index in [4.69, 9.17) is 21.4 Å². The summed E-state index contributed by atoms with van der Waals surface area (Å²) in [6.07, 6.45) is -0.327. The standard InChI is InChI=1S/C16H14ClFN2O3/c17-12-8-10(18)4-5-11(12)14-9-20(6-7-23-14)15-3-1-2-13(19-15)16(21)22/h1-5,8,14H,6-7,9H2,(H,21,22). The van der Waals surface area contributed by atoms with E-state index >= 15 is 0 Å². The smallest absolute Gasteiger partial charge is 0.354 e. The number of morpholine rings is 1. The topological polar surface area (TPSA) is 62.7 Å². The van der Waals surface area contributed by atoms with Gasteiger partial charge in [0, 0.05) is 23.7 Å². The number of anilines is 1. The fourth-order valence-corrected chi connectivity index (χ4v) is 2.82. The first-order valence-corrected chi connectivity index (χ1v) is 7.44. The summed E-state index contributed by atoms with van der Waals surface area (Å²) in [7, 11) is 0. The zero-order chi connectivity index (χ0) is 16.4. The lowest BCUT2D eigenvalue weighted by molar-refractivity contribution is 0.0395. The molecule has 1 unspecified atom stereocenters. The van der Waals surface area contributed by atoms with Crippen molar-refractivity contribution in [2.24, 2.45) is 0 Å². The van der Waals surface area contributed by atoms with Crippen LogP contribution in [0, 0.1) is 5.82 Å². The Hall–Kier alpha value is -2.18. The van der Waals surface area contributed by atoms with E-state index in [-0.39, 0.29) is 11.8 Å². The van der Waals surface area contributed by atoms with Crippen LogP contribution in [0.15, 0.2) is 36.4 Å². The van der Waals surface area contributed by atoms with Crippen LogP contribution in [-0.2, 0) is 4.74 Å². The van der Waals surface area contributed by atoms with Crippen LogP contribution in [0.5, 0.6) is 0 Å². The molecule has 1 saturated heterocycles. The molecule has 0 bridgehead atoms. The largest absolute Gasteiger partial charge is 0.477 e. The van der Waals surface area contributed by atoms with Crippen molar-refractivity contribution in [3.63, 3.8) is 0 Å². The highest BCUT2D eigenvalue weighted by atomic mass is 35.5. The molecule has 0 spiro atoms. The maximum atomic E-state index is 13.2.